The van der Waals surface area contributed by atoms with E-state index in [0.29, 0.717) is 30.5 Å². The fourth-order valence-corrected chi connectivity index (χ4v) is 4.03. The van der Waals surface area contributed by atoms with Crippen molar-refractivity contribution in [1.82, 2.24) is 10.2 Å². The van der Waals surface area contributed by atoms with Crippen LogP contribution in [0.1, 0.15) is 32.6 Å². The van der Waals surface area contributed by atoms with Gasteiger partial charge < -0.3 is 19.8 Å². The number of hydrogen-bond acceptors (Lipinski definition) is 6. The fraction of sp³-hybridized carbons (Fsp3) is 0.556. The van der Waals surface area contributed by atoms with E-state index in [2.05, 4.69) is 22.0 Å². The van der Waals surface area contributed by atoms with Crippen LogP contribution in [0.5, 0.6) is 5.75 Å². The minimum Gasteiger partial charge on any atom is -0.490 e. The minimum absolute atomic E-state index is 0.301. The first-order valence-electron chi connectivity index (χ1n) is 8.97. The van der Waals surface area contributed by atoms with Crippen molar-refractivity contribution in [2.45, 2.75) is 44.7 Å². The van der Waals surface area contributed by atoms with Crippen LogP contribution in [0.25, 0.3) is 11.5 Å². The number of nitrogens with two attached hydrogens (primary N) is 1. The number of fused-ring (bicyclic) bond motifs is 1. The summed E-state index contributed by atoms with van der Waals surface area (Å²) in [4.78, 5) is 13.6. The Labute approximate surface area is 146 Å². The van der Waals surface area contributed by atoms with Gasteiger partial charge in [0.15, 0.2) is 0 Å². The fourth-order valence-electron chi connectivity index (χ4n) is 4.03. The van der Waals surface area contributed by atoms with Crippen molar-refractivity contribution >= 4 is 5.69 Å². The van der Waals surface area contributed by atoms with Gasteiger partial charge in [0.05, 0.1) is 12.2 Å². The van der Waals surface area contributed by atoms with E-state index in [1.165, 1.54) is 12.8 Å². The molecule has 0 radical (unpaired) electrons. The van der Waals surface area contributed by atoms with E-state index in [-0.39, 0.29) is 0 Å². The summed E-state index contributed by atoms with van der Waals surface area (Å²) in [6, 6.07) is 6.56. The molecule has 0 unspecified atom stereocenters. The molecule has 2 aromatic rings. The van der Waals surface area contributed by atoms with Crippen LogP contribution in [0.2, 0.25) is 0 Å². The molecule has 1 saturated carbocycles. The standard InChI is InChI=1S/C18H24N4O3/c1-11(12-2-5-14(19)6-3-12)22-8-9-24-16-7-4-13(10-15(16)22)17-20-21-18(23)25-17/h4,7,10-12,14H,2-3,5-6,8-9,19H2,1H3,(H,21,23)/t11-,12?,14?/m0/s1. The molecule has 2 heterocycles. The summed E-state index contributed by atoms with van der Waals surface area (Å²) in [5, 5.41) is 6.23. The van der Waals surface area contributed by atoms with Crippen LogP contribution in [0.3, 0.4) is 0 Å². The Hall–Kier alpha value is -2.28. The molecule has 4 rings (SSSR count). The highest BCUT2D eigenvalue weighted by Crippen LogP contribution is 2.39. The van der Waals surface area contributed by atoms with Gasteiger partial charge in [0.1, 0.15) is 12.4 Å². The van der Waals surface area contributed by atoms with Gasteiger partial charge in [0.25, 0.3) is 0 Å². The Morgan fingerprint density at radius 1 is 1.32 bits per heavy atom. The molecule has 2 aliphatic rings. The smallest absolute Gasteiger partial charge is 0.434 e. The second kappa shape index (κ2) is 6.55. The van der Waals surface area contributed by atoms with Gasteiger partial charge in [-0.15, -0.1) is 5.10 Å². The molecule has 7 heteroatoms. The number of benzene rings is 1. The molecule has 0 spiro atoms. The van der Waals surface area contributed by atoms with E-state index in [1.54, 1.807) is 0 Å². The Balaban J connectivity index is 1.62. The van der Waals surface area contributed by atoms with Crippen LogP contribution in [0, 0.1) is 5.92 Å². The van der Waals surface area contributed by atoms with Gasteiger partial charge in [0, 0.05) is 17.6 Å². The largest absolute Gasteiger partial charge is 0.490 e. The first kappa shape index (κ1) is 16.2. The van der Waals surface area contributed by atoms with Gasteiger partial charge in [-0.25, -0.2) is 9.89 Å². The van der Waals surface area contributed by atoms with Crippen molar-refractivity contribution in [2.75, 3.05) is 18.1 Å². The van der Waals surface area contributed by atoms with E-state index in [0.717, 1.165) is 36.4 Å². The minimum atomic E-state index is -0.548. The van der Waals surface area contributed by atoms with Crippen LogP contribution in [-0.2, 0) is 0 Å². The second-order valence-electron chi connectivity index (χ2n) is 7.06. The quantitative estimate of drug-likeness (QED) is 0.885. The normalized spacial score (nSPS) is 24.5. The van der Waals surface area contributed by atoms with E-state index >= 15 is 0 Å². The molecular weight excluding hydrogens is 320 g/mol. The lowest BCUT2D eigenvalue weighted by Gasteiger charge is -2.41. The molecular formula is C18H24N4O3. The van der Waals surface area contributed by atoms with Crippen molar-refractivity contribution in [2.24, 2.45) is 11.7 Å². The maximum atomic E-state index is 11.2. The molecule has 1 aromatic heterocycles. The first-order valence-corrected chi connectivity index (χ1v) is 8.97. The molecule has 1 fully saturated rings. The first-order chi connectivity index (χ1) is 12.1. The van der Waals surface area contributed by atoms with Gasteiger partial charge in [-0.3, -0.25) is 0 Å². The molecule has 134 valence electrons. The Morgan fingerprint density at radius 3 is 2.84 bits per heavy atom. The summed E-state index contributed by atoms with van der Waals surface area (Å²) >= 11 is 0. The van der Waals surface area contributed by atoms with Crippen molar-refractivity contribution < 1.29 is 9.15 Å². The summed E-state index contributed by atoms with van der Waals surface area (Å²) in [6.45, 7) is 3.82. The summed E-state index contributed by atoms with van der Waals surface area (Å²) < 4.78 is 10.9. The van der Waals surface area contributed by atoms with Crippen LogP contribution in [0.15, 0.2) is 27.4 Å². The lowest BCUT2D eigenvalue weighted by Crippen LogP contribution is -2.45. The number of nitrogens with zero attached hydrogens (tertiary/aromatic N) is 2. The van der Waals surface area contributed by atoms with Crippen LogP contribution >= 0.6 is 0 Å². The molecule has 1 aliphatic heterocycles. The number of hydrogen-bond donors (Lipinski definition) is 2. The molecule has 1 aromatic carbocycles. The topological polar surface area (TPSA) is 97.4 Å². The maximum absolute atomic E-state index is 11.2. The maximum Gasteiger partial charge on any atom is 0.434 e. The number of H-pyrrole nitrogens is 1. The number of aromatic nitrogens is 2. The lowest BCUT2D eigenvalue weighted by molar-refractivity contribution is 0.254. The van der Waals surface area contributed by atoms with Crippen molar-refractivity contribution in [1.29, 1.82) is 0 Å². The van der Waals surface area contributed by atoms with Gasteiger partial charge in [-0.05, 0) is 56.7 Å². The van der Waals surface area contributed by atoms with Crippen molar-refractivity contribution in [3.63, 3.8) is 0 Å². The van der Waals surface area contributed by atoms with E-state index in [9.17, 15) is 4.79 Å². The summed E-state index contributed by atoms with van der Waals surface area (Å²) in [5.41, 5.74) is 7.87. The molecule has 25 heavy (non-hydrogen) atoms. The Kier molecular flexibility index (Phi) is 4.25. The Bertz CT molecular complexity index is 792. The monoisotopic (exact) mass is 344 g/mol. The average molecular weight is 344 g/mol. The SMILES string of the molecule is C[C@@H](C1CCC(N)CC1)N1CCOc2ccc(-c3n[nH]c(=O)o3)cc21. The van der Waals surface area contributed by atoms with Crippen LogP contribution in [0.4, 0.5) is 5.69 Å². The second-order valence-corrected chi connectivity index (χ2v) is 7.06. The lowest BCUT2D eigenvalue weighted by atomic mass is 9.81. The van der Waals surface area contributed by atoms with Crippen LogP contribution in [-0.4, -0.2) is 35.4 Å². The van der Waals surface area contributed by atoms with Crippen molar-refractivity contribution in [3.05, 3.63) is 28.7 Å². The number of ether oxygens (including phenoxy) is 1. The third-order valence-electron chi connectivity index (χ3n) is 5.53. The van der Waals surface area contributed by atoms with Gasteiger partial charge in [-0.1, -0.05) is 0 Å². The van der Waals surface area contributed by atoms with Crippen LogP contribution < -0.4 is 21.1 Å². The van der Waals surface area contributed by atoms with E-state index in [1.807, 2.05) is 18.2 Å². The van der Waals surface area contributed by atoms with Crippen molar-refractivity contribution in [3.8, 4) is 17.2 Å². The molecule has 0 amide bonds. The third-order valence-corrected chi connectivity index (χ3v) is 5.53. The van der Waals surface area contributed by atoms with Gasteiger partial charge in [-0.2, -0.15) is 0 Å². The van der Waals surface area contributed by atoms with E-state index in [4.69, 9.17) is 14.9 Å². The number of rotatable bonds is 3. The zero-order chi connectivity index (χ0) is 17.4. The molecule has 0 saturated heterocycles. The molecule has 1 aliphatic carbocycles. The third kappa shape index (κ3) is 3.16. The highest BCUT2D eigenvalue weighted by atomic mass is 16.5. The average Bonchev–Trinajstić information content (AvgIpc) is 3.07. The molecule has 3 N–H and O–H groups in total. The molecule has 0 bridgehead atoms. The zero-order valence-corrected chi connectivity index (χ0v) is 14.4. The molecule has 7 nitrogen and oxygen atoms in total. The highest BCUT2D eigenvalue weighted by molar-refractivity contribution is 5.69. The predicted octanol–water partition coefficient (Wildman–Crippen LogP) is 2.13. The summed E-state index contributed by atoms with van der Waals surface area (Å²) in [7, 11) is 0. The number of nitrogens with one attached hydrogen (secondary N) is 1. The Morgan fingerprint density at radius 2 is 2.12 bits per heavy atom. The summed E-state index contributed by atoms with van der Waals surface area (Å²) in [6.07, 6.45) is 4.54. The van der Waals surface area contributed by atoms with Gasteiger partial charge >= 0.3 is 5.76 Å². The molecule has 1 atom stereocenters. The summed E-state index contributed by atoms with van der Waals surface area (Å²) in [5.74, 6) is 1.26. The highest BCUT2D eigenvalue weighted by Gasteiger charge is 2.31. The number of anilines is 1. The number of aromatic amines is 1. The van der Waals surface area contributed by atoms with Gasteiger partial charge in [0.2, 0.25) is 5.89 Å². The van der Waals surface area contributed by atoms with E-state index < -0.39 is 5.76 Å². The zero-order valence-electron chi connectivity index (χ0n) is 14.4. The predicted molar refractivity (Wildman–Crippen MR) is 94.8 cm³/mol.